The number of nitrogens with zero attached hydrogens (tertiary/aromatic N) is 3. The number of fused-ring (bicyclic) bond motifs is 3. The van der Waals surface area contributed by atoms with Gasteiger partial charge in [0.2, 0.25) is 0 Å². The third kappa shape index (κ3) is 4.19. The lowest BCUT2D eigenvalue weighted by atomic mass is 10.1. The molecule has 4 N–H and O–H groups in total. The van der Waals surface area contributed by atoms with Gasteiger partial charge in [0.25, 0.3) is 0 Å². The minimum atomic E-state index is 0.294. The van der Waals surface area contributed by atoms with Crippen LogP contribution in [0.5, 0.6) is 5.75 Å². The Morgan fingerprint density at radius 2 is 1.52 bits per heavy atom. The fraction of sp³-hybridized carbons (Fsp3) is 0.0741. The molecule has 0 unspecified atom stereocenters. The third-order valence-electron chi connectivity index (χ3n) is 5.75. The minimum Gasteiger partial charge on any atom is -0.489 e. The predicted octanol–water partition coefficient (Wildman–Crippen LogP) is 4.25. The minimum absolute atomic E-state index is 0.294. The van der Waals surface area contributed by atoms with Gasteiger partial charge in [-0.05, 0) is 47.5 Å². The summed E-state index contributed by atoms with van der Waals surface area (Å²) in [5.41, 5.74) is 5.42. The standard InChI is InChI=1S/C27H23N5O/c28-27(30-31-29)21-12-15-26-24(16-21)23-8-4-5-9-25(23)32(26)17-19-10-13-22(14-11-19)33-18-20-6-2-1-3-7-20/h1-16H,17-18H2,(H3,28,29,30)/p+1. The summed E-state index contributed by atoms with van der Waals surface area (Å²) in [6.07, 6.45) is 0. The monoisotopic (exact) mass is 434 g/mol. The molecule has 6 heteroatoms. The van der Waals surface area contributed by atoms with Crippen LogP contribution in [0, 0.1) is 0 Å². The van der Waals surface area contributed by atoms with Crippen molar-refractivity contribution in [1.82, 2.24) is 4.57 Å². The van der Waals surface area contributed by atoms with Gasteiger partial charge in [-0.1, -0.05) is 60.7 Å². The SMILES string of the molecule is NN=NC(=[NH2+])c1ccc2c(c1)c1ccccc1n2Cc1ccc(OCc2ccccc2)cc1. The van der Waals surface area contributed by atoms with Crippen LogP contribution >= 0.6 is 0 Å². The number of nitrogens with two attached hydrogens (primary N) is 2. The van der Waals surface area contributed by atoms with Crippen molar-refractivity contribution in [3.63, 3.8) is 0 Å². The van der Waals surface area contributed by atoms with Crippen LogP contribution in [0.25, 0.3) is 21.8 Å². The van der Waals surface area contributed by atoms with Gasteiger partial charge in [-0.3, -0.25) is 11.3 Å². The van der Waals surface area contributed by atoms with Gasteiger partial charge in [0.1, 0.15) is 12.4 Å². The zero-order valence-electron chi connectivity index (χ0n) is 18.1. The van der Waals surface area contributed by atoms with E-state index in [-0.39, 0.29) is 0 Å². The maximum atomic E-state index is 6.00. The van der Waals surface area contributed by atoms with Crippen molar-refractivity contribution >= 4 is 27.6 Å². The summed E-state index contributed by atoms with van der Waals surface area (Å²) in [4.78, 5) is 0. The summed E-state index contributed by atoms with van der Waals surface area (Å²) in [6, 6.07) is 32.9. The van der Waals surface area contributed by atoms with E-state index < -0.39 is 0 Å². The first-order chi connectivity index (χ1) is 16.2. The Hall–Kier alpha value is -4.45. The quantitative estimate of drug-likeness (QED) is 0.137. The fourth-order valence-corrected chi connectivity index (χ4v) is 4.12. The van der Waals surface area contributed by atoms with Crippen LogP contribution in [0.4, 0.5) is 0 Å². The number of rotatable bonds is 6. The molecule has 1 aromatic heterocycles. The van der Waals surface area contributed by atoms with Gasteiger partial charge >= 0.3 is 5.84 Å². The van der Waals surface area contributed by atoms with E-state index >= 15 is 0 Å². The molecule has 0 radical (unpaired) electrons. The average Bonchev–Trinajstić information content (AvgIpc) is 3.17. The molecule has 0 saturated heterocycles. The van der Waals surface area contributed by atoms with Gasteiger partial charge < -0.3 is 9.30 Å². The van der Waals surface area contributed by atoms with Crippen LogP contribution < -0.4 is 16.0 Å². The van der Waals surface area contributed by atoms with Crippen LogP contribution in [0.1, 0.15) is 16.7 Å². The first kappa shape index (κ1) is 20.5. The van der Waals surface area contributed by atoms with Crippen LogP contribution in [0.2, 0.25) is 0 Å². The fourth-order valence-electron chi connectivity index (χ4n) is 4.12. The molecule has 0 amide bonds. The second kappa shape index (κ2) is 8.96. The number of ether oxygens (including phenoxy) is 1. The molecule has 0 fully saturated rings. The summed E-state index contributed by atoms with van der Waals surface area (Å²) >= 11 is 0. The van der Waals surface area contributed by atoms with E-state index in [9.17, 15) is 0 Å². The lowest BCUT2D eigenvalue weighted by Gasteiger charge is -2.10. The van der Waals surface area contributed by atoms with E-state index in [2.05, 4.69) is 63.4 Å². The Morgan fingerprint density at radius 1 is 0.788 bits per heavy atom. The molecule has 0 atom stereocenters. The van der Waals surface area contributed by atoms with Crippen LogP contribution in [-0.4, -0.2) is 10.4 Å². The maximum Gasteiger partial charge on any atom is 0.350 e. The largest absolute Gasteiger partial charge is 0.489 e. The number of hydrogen-bond acceptors (Lipinski definition) is 2. The Labute approximate surface area is 191 Å². The van der Waals surface area contributed by atoms with Crippen molar-refractivity contribution in [2.75, 3.05) is 0 Å². The van der Waals surface area contributed by atoms with Gasteiger partial charge in [0, 0.05) is 33.6 Å². The lowest BCUT2D eigenvalue weighted by molar-refractivity contribution is -0.114. The molecular weight excluding hydrogens is 410 g/mol. The summed E-state index contributed by atoms with van der Waals surface area (Å²) in [6.45, 7) is 1.29. The van der Waals surface area contributed by atoms with E-state index in [1.807, 2.05) is 48.5 Å². The molecular formula is C27H24N5O+. The molecule has 0 aliphatic heterocycles. The third-order valence-corrected chi connectivity index (χ3v) is 5.75. The van der Waals surface area contributed by atoms with Crippen molar-refractivity contribution in [2.45, 2.75) is 13.2 Å². The number of amidine groups is 1. The molecule has 0 aliphatic carbocycles. The first-order valence-electron chi connectivity index (χ1n) is 10.7. The van der Waals surface area contributed by atoms with E-state index in [0.29, 0.717) is 12.4 Å². The molecule has 5 rings (SSSR count). The first-order valence-corrected chi connectivity index (χ1v) is 10.7. The smallest absolute Gasteiger partial charge is 0.350 e. The number of aromatic nitrogens is 1. The molecule has 0 aliphatic rings. The van der Waals surface area contributed by atoms with Gasteiger partial charge in [-0.15, -0.1) is 0 Å². The normalized spacial score (nSPS) is 11.4. The van der Waals surface area contributed by atoms with Crippen LogP contribution in [0.15, 0.2) is 107 Å². The Kier molecular flexibility index (Phi) is 5.55. The zero-order valence-corrected chi connectivity index (χ0v) is 18.1. The second-order valence-electron chi connectivity index (χ2n) is 7.85. The van der Waals surface area contributed by atoms with Crippen molar-refractivity contribution < 1.29 is 10.1 Å². The maximum absolute atomic E-state index is 6.00. The molecule has 0 bridgehead atoms. The highest BCUT2D eigenvalue weighted by Gasteiger charge is 2.15. The van der Waals surface area contributed by atoms with Crippen LogP contribution in [0.3, 0.4) is 0 Å². The molecule has 5 aromatic rings. The lowest BCUT2D eigenvalue weighted by Crippen LogP contribution is -2.38. The summed E-state index contributed by atoms with van der Waals surface area (Å²) in [5.74, 6) is 6.31. The molecule has 4 aromatic carbocycles. The van der Waals surface area contributed by atoms with Crippen LogP contribution in [-0.2, 0) is 13.2 Å². The van der Waals surface area contributed by atoms with Gasteiger partial charge in [-0.2, -0.15) is 0 Å². The van der Waals surface area contributed by atoms with Gasteiger partial charge in [0.05, 0.1) is 10.7 Å². The average molecular weight is 435 g/mol. The van der Waals surface area contributed by atoms with Crippen molar-refractivity contribution in [1.29, 1.82) is 0 Å². The molecule has 6 nitrogen and oxygen atoms in total. The zero-order chi connectivity index (χ0) is 22.6. The van der Waals surface area contributed by atoms with E-state index in [1.165, 1.54) is 5.56 Å². The summed E-state index contributed by atoms with van der Waals surface area (Å²) < 4.78 is 8.25. The highest BCUT2D eigenvalue weighted by atomic mass is 16.5. The van der Waals surface area contributed by atoms with Gasteiger partial charge in [0.15, 0.2) is 0 Å². The molecule has 1 heterocycles. The number of para-hydroxylation sites is 1. The molecule has 0 saturated carbocycles. The van der Waals surface area contributed by atoms with Gasteiger partial charge in [-0.25, -0.2) is 0 Å². The van der Waals surface area contributed by atoms with Crippen molar-refractivity contribution in [3.8, 4) is 5.75 Å². The number of hydrogen-bond donors (Lipinski definition) is 2. The predicted molar refractivity (Wildman–Crippen MR) is 131 cm³/mol. The summed E-state index contributed by atoms with van der Waals surface area (Å²) in [7, 11) is 0. The topological polar surface area (TPSA) is 90.5 Å². The Balaban J connectivity index is 1.44. The number of benzene rings is 4. The van der Waals surface area contributed by atoms with Crippen molar-refractivity contribution in [3.05, 3.63) is 114 Å². The summed E-state index contributed by atoms with van der Waals surface area (Å²) in [5, 5.41) is 15.4. The van der Waals surface area contributed by atoms with E-state index in [1.54, 1.807) is 0 Å². The molecule has 33 heavy (non-hydrogen) atoms. The molecule has 0 spiro atoms. The van der Waals surface area contributed by atoms with E-state index in [4.69, 9.17) is 16.0 Å². The van der Waals surface area contributed by atoms with Crippen molar-refractivity contribution in [2.24, 2.45) is 16.2 Å². The highest BCUT2D eigenvalue weighted by Crippen LogP contribution is 2.31. The second-order valence-corrected chi connectivity index (χ2v) is 7.85. The van der Waals surface area contributed by atoms with E-state index in [0.717, 1.165) is 45.2 Å². The Morgan fingerprint density at radius 3 is 2.30 bits per heavy atom. The highest BCUT2D eigenvalue weighted by molar-refractivity contribution is 6.10. The molecule has 162 valence electrons. The Bertz CT molecular complexity index is 1450.